The first-order valence-corrected chi connectivity index (χ1v) is 13.1. The number of aromatic nitrogens is 1. The Kier molecular flexibility index (Phi) is 12.7. The van der Waals surface area contributed by atoms with E-state index >= 15 is 0 Å². The summed E-state index contributed by atoms with van der Waals surface area (Å²) in [5, 5.41) is 26.5. The predicted octanol–water partition coefficient (Wildman–Crippen LogP) is -1.55. The molecule has 1 aromatic heterocycles. The first-order chi connectivity index (χ1) is 19.4. The number of rotatable bonds is 18. The second-order valence-electron chi connectivity index (χ2n) is 9.58. The summed E-state index contributed by atoms with van der Waals surface area (Å²) >= 11 is 0. The molecule has 4 amide bonds. The molecule has 2 rings (SSSR count). The topological polar surface area (TPSA) is 273 Å². The molecule has 1 aromatic carbocycles. The zero-order chi connectivity index (χ0) is 30.5. The fourth-order valence-electron chi connectivity index (χ4n) is 4.14. The summed E-state index contributed by atoms with van der Waals surface area (Å²) in [5.74, 6) is -6.30. The Morgan fingerprint density at radius 3 is 2.12 bits per heavy atom. The van der Waals surface area contributed by atoms with E-state index in [1.165, 1.54) is 0 Å². The number of carbonyl (C=O) groups excluding carboxylic acids is 4. The Hall–Kier alpha value is -4.50. The largest absolute Gasteiger partial charge is 0.481 e. The van der Waals surface area contributed by atoms with Crippen molar-refractivity contribution in [3.05, 3.63) is 36.0 Å². The summed E-state index contributed by atoms with van der Waals surface area (Å²) in [4.78, 5) is 76.3. The van der Waals surface area contributed by atoms with Crippen molar-refractivity contribution in [3.63, 3.8) is 0 Å². The zero-order valence-electron chi connectivity index (χ0n) is 22.4. The molecule has 0 fully saturated rings. The second kappa shape index (κ2) is 15.9. The SMILES string of the molecule is NCCCCC(NC(=O)C(CC(=O)O)NC(=O)C(CCC(N)=O)NC(=O)C(N)Cc1c[nH]c2ccccc12)C(=O)O. The molecule has 15 nitrogen and oxygen atoms in total. The average Bonchev–Trinajstić information content (AvgIpc) is 3.31. The Labute approximate surface area is 235 Å². The van der Waals surface area contributed by atoms with Crippen LogP contribution in [0.1, 0.15) is 44.1 Å². The number of carboxylic acids is 2. The maximum Gasteiger partial charge on any atom is 0.326 e. The molecule has 0 bridgehead atoms. The predicted molar refractivity (Wildman–Crippen MR) is 147 cm³/mol. The highest BCUT2D eigenvalue weighted by Gasteiger charge is 2.31. The van der Waals surface area contributed by atoms with Crippen LogP contribution in [-0.2, 0) is 35.2 Å². The Bertz CT molecular complexity index is 1250. The lowest BCUT2D eigenvalue weighted by atomic mass is 10.0. The summed E-state index contributed by atoms with van der Waals surface area (Å²) in [6.07, 6.45) is 1.33. The zero-order valence-corrected chi connectivity index (χ0v) is 22.4. The minimum absolute atomic E-state index is 0.0393. The van der Waals surface area contributed by atoms with Crippen molar-refractivity contribution in [2.24, 2.45) is 17.2 Å². The van der Waals surface area contributed by atoms with Gasteiger partial charge in [-0.2, -0.15) is 0 Å². The van der Waals surface area contributed by atoms with Crippen molar-refractivity contribution in [1.29, 1.82) is 0 Å². The third-order valence-electron chi connectivity index (χ3n) is 6.34. The average molecular weight is 576 g/mol. The molecular weight excluding hydrogens is 538 g/mol. The lowest BCUT2D eigenvalue weighted by Crippen LogP contribution is -2.57. The van der Waals surface area contributed by atoms with Crippen LogP contribution in [0.15, 0.2) is 30.5 Å². The van der Waals surface area contributed by atoms with Gasteiger partial charge in [0, 0.05) is 23.5 Å². The highest BCUT2D eigenvalue weighted by molar-refractivity contribution is 5.96. The molecule has 0 radical (unpaired) electrons. The molecule has 41 heavy (non-hydrogen) atoms. The van der Waals surface area contributed by atoms with E-state index in [0.29, 0.717) is 19.4 Å². The number of nitrogens with two attached hydrogens (primary N) is 3. The fraction of sp³-hybridized carbons (Fsp3) is 0.462. The normalized spacial score (nSPS) is 13.9. The molecule has 4 atom stereocenters. The molecule has 0 aliphatic heterocycles. The summed E-state index contributed by atoms with van der Waals surface area (Å²) in [7, 11) is 0. The van der Waals surface area contributed by atoms with Gasteiger partial charge in [-0.3, -0.25) is 24.0 Å². The van der Waals surface area contributed by atoms with Crippen LogP contribution in [0.3, 0.4) is 0 Å². The number of nitrogens with one attached hydrogen (secondary N) is 4. The van der Waals surface area contributed by atoms with Gasteiger partial charge in [0.1, 0.15) is 18.1 Å². The number of hydrogen-bond donors (Lipinski definition) is 9. The Morgan fingerprint density at radius 2 is 1.49 bits per heavy atom. The standard InChI is InChI=1S/C26H37N7O8/c27-10-4-3-7-19(26(40)41)32-25(39)20(12-22(35)36)33-24(38)18(8-9-21(29)34)31-23(37)16(28)11-14-13-30-17-6-2-1-5-15(14)17/h1-2,5-6,13,16,18-20,30H,3-4,7-12,27-28H2,(H2,29,34)(H,31,37)(H,32,39)(H,33,38)(H,35,36)(H,40,41). The molecule has 1 heterocycles. The maximum absolute atomic E-state index is 13.1. The van der Waals surface area contributed by atoms with Gasteiger partial charge in [0.2, 0.25) is 23.6 Å². The van der Waals surface area contributed by atoms with Gasteiger partial charge < -0.3 is 48.3 Å². The van der Waals surface area contributed by atoms with Gasteiger partial charge in [-0.1, -0.05) is 18.2 Å². The number of benzene rings is 1. The number of para-hydroxylation sites is 1. The van der Waals surface area contributed by atoms with Gasteiger partial charge in [0.05, 0.1) is 12.5 Å². The highest BCUT2D eigenvalue weighted by Crippen LogP contribution is 2.19. The third kappa shape index (κ3) is 10.5. The van der Waals surface area contributed by atoms with Crippen LogP contribution in [0.2, 0.25) is 0 Å². The van der Waals surface area contributed by atoms with Crippen molar-refractivity contribution in [2.75, 3.05) is 6.54 Å². The van der Waals surface area contributed by atoms with Crippen LogP contribution in [-0.4, -0.2) is 81.5 Å². The molecule has 0 aliphatic carbocycles. The molecular formula is C26H37N7O8. The number of carbonyl (C=O) groups is 6. The van der Waals surface area contributed by atoms with E-state index in [1.54, 1.807) is 6.20 Å². The van der Waals surface area contributed by atoms with Gasteiger partial charge in [0.15, 0.2) is 0 Å². The van der Waals surface area contributed by atoms with Crippen molar-refractivity contribution in [3.8, 4) is 0 Å². The smallest absolute Gasteiger partial charge is 0.326 e. The number of primary amides is 1. The number of carboxylic acid groups (broad SMARTS) is 2. The highest BCUT2D eigenvalue weighted by atomic mass is 16.4. The molecule has 4 unspecified atom stereocenters. The van der Waals surface area contributed by atoms with E-state index in [0.717, 1.165) is 16.5 Å². The number of hydrogen-bond acceptors (Lipinski definition) is 8. The first kappa shape index (κ1) is 32.7. The number of aromatic amines is 1. The molecule has 0 spiro atoms. The Morgan fingerprint density at radius 1 is 0.854 bits per heavy atom. The minimum Gasteiger partial charge on any atom is -0.481 e. The molecule has 0 saturated heterocycles. The van der Waals surface area contributed by atoms with Gasteiger partial charge in [-0.25, -0.2) is 4.79 Å². The van der Waals surface area contributed by atoms with E-state index in [1.807, 2.05) is 24.3 Å². The number of aliphatic carboxylic acids is 2. The quantitative estimate of drug-likeness (QED) is 0.0922. The number of amides is 4. The molecule has 0 saturated carbocycles. The van der Waals surface area contributed by atoms with Crippen LogP contribution >= 0.6 is 0 Å². The lowest BCUT2D eigenvalue weighted by molar-refractivity contribution is -0.143. The van der Waals surface area contributed by atoms with Gasteiger partial charge >= 0.3 is 11.9 Å². The van der Waals surface area contributed by atoms with Crippen LogP contribution < -0.4 is 33.2 Å². The van der Waals surface area contributed by atoms with E-state index in [-0.39, 0.29) is 25.7 Å². The van der Waals surface area contributed by atoms with Gasteiger partial charge in [-0.15, -0.1) is 0 Å². The van der Waals surface area contributed by atoms with Gasteiger partial charge in [0.25, 0.3) is 0 Å². The monoisotopic (exact) mass is 575 g/mol. The van der Waals surface area contributed by atoms with E-state index < -0.39 is 66.2 Å². The molecule has 15 heteroatoms. The summed E-state index contributed by atoms with van der Waals surface area (Å²) in [6, 6.07) is 1.89. The van der Waals surface area contributed by atoms with Crippen LogP contribution in [0, 0.1) is 0 Å². The summed E-state index contributed by atoms with van der Waals surface area (Å²) in [6.45, 7) is 0.321. The van der Waals surface area contributed by atoms with Crippen molar-refractivity contribution < 1.29 is 39.0 Å². The molecule has 224 valence electrons. The van der Waals surface area contributed by atoms with Crippen LogP contribution in [0.25, 0.3) is 10.9 Å². The third-order valence-corrected chi connectivity index (χ3v) is 6.34. The first-order valence-electron chi connectivity index (χ1n) is 13.1. The summed E-state index contributed by atoms with van der Waals surface area (Å²) < 4.78 is 0. The van der Waals surface area contributed by atoms with E-state index in [2.05, 4.69) is 20.9 Å². The van der Waals surface area contributed by atoms with Gasteiger partial charge in [-0.05, 0) is 50.3 Å². The molecule has 2 aromatic rings. The maximum atomic E-state index is 13.1. The number of unbranched alkanes of at least 4 members (excludes halogenated alkanes) is 1. The number of fused-ring (bicyclic) bond motifs is 1. The number of H-pyrrole nitrogens is 1. The molecule has 12 N–H and O–H groups in total. The minimum atomic E-state index is -1.68. The van der Waals surface area contributed by atoms with Crippen LogP contribution in [0.5, 0.6) is 0 Å². The summed E-state index contributed by atoms with van der Waals surface area (Å²) in [5.41, 5.74) is 18.3. The second-order valence-corrected chi connectivity index (χ2v) is 9.58. The fourth-order valence-corrected chi connectivity index (χ4v) is 4.14. The Balaban J connectivity index is 2.14. The molecule has 0 aliphatic rings. The lowest BCUT2D eigenvalue weighted by Gasteiger charge is -2.24. The van der Waals surface area contributed by atoms with Crippen molar-refractivity contribution in [2.45, 2.75) is 69.1 Å². The van der Waals surface area contributed by atoms with Crippen molar-refractivity contribution in [1.82, 2.24) is 20.9 Å². The van der Waals surface area contributed by atoms with E-state index in [4.69, 9.17) is 17.2 Å². The van der Waals surface area contributed by atoms with Crippen LogP contribution in [0.4, 0.5) is 0 Å². The van der Waals surface area contributed by atoms with E-state index in [9.17, 15) is 39.0 Å². The van der Waals surface area contributed by atoms with Crippen molar-refractivity contribution >= 4 is 46.5 Å².